The average Bonchev–Trinajstić information content (AvgIpc) is 3.30. The second-order valence-electron chi connectivity index (χ2n) is 6.23. The van der Waals surface area contributed by atoms with Gasteiger partial charge in [-0.15, -0.1) is 0 Å². The van der Waals surface area contributed by atoms with Crippen molar-refractivity contribution in [1.82, 2.24) is 20.1 Å². The SMILES string of the molecule is Cc1ccc(-c2cc(C(=O)N(C)Cc3cccc4ncccc34)n[nH]2)o1. The second kappa shape index (κ2) is 6.48. The zero-order chi connectivity index (χ0) is 18.1. The highest BCUT2D eigenvalue weighted by Crippen LogP contribution is 2.22. The number of carbonyl (C=O) groups excluding carboxylic acids is 1. The molecule has 0 aliphatic carbocycles. The number of nitrogens with zero attached hydrogens (tertiary/aromatic N) is 3. The molecule has 0 aliphatic heterocycles. The van der Waals surface area contributed by atoms with Gasteiger partial charge in [-0.25, -0.2) is 0 Å². The van der Waals surface area contributed by atoms with Crippen LogP contribution in [0.2, 0.25) is 0 Å². The number of fused-ring (bicyclic) bond motifs is 1. The smallest absolute Gasteiger partial charge is 0.274 e. The number of hydrogen-bond acceptors (Lipinski definition) is 4. The summed E-state index contributed by atoms with van der Waals surface area (Å²) in [5.74, 6) is 1.32. The fraction of sp³-hybridized carbons (Fsp3) is 0.150. The Bertz CT molecular complexity index is 1070. The predicted molar refractivity (Wildman–Crippen MR) is 98.6 cm³/mol. The quantitative estimate of drug-likeness (QED) is 0.610. The average molecular weight is 346 g/mol. The molecule has 0 saturated carbocycles. The van der Waals surface area contributed by atoms with Crippen LogP contribution in [0.3, 0.4) is 0 Å². The molecule has 1 amide bonds. The molecule has 1 N–H and O–H groups in total. The van der Waals surface area contributed by atoms with E-state index < -0.39 is 0 Å². The Balaban J connectivity index is 1.55. The van der Waals surface area contributed by atoms with Crippen LogP contribution in [0.1, 0.15) is 21.8 Å². The van der Waals surface area contributed by atoms with Gasteiger partial charge in [0.15, 0.2) is 11.5 Å². The summed E-state index contributed by atoms with van der Waals surface area (Å²) in [6.45, 7) is 2.35. The van der Waals surface area contributed by atoms with Crippen LogP contribution in [-0.4, -0.2) is 33.0 Å². The van der Waals surface area contributed by atoms with E-state index in [9.17, 15) is 4.79 Å². The minimum Gasteiger partial charge on any atom is -0.460 e. The molecule has 1 aromatic carbocycles. The van der Waals surface area contributed by atoms with E-state index >= 15 is 0 Å². The summed E-state index contributed by atoms with van der Waals surface area (Å²) in [7, 11) is 1.77. The number of nitrogens with one attached hydrogen (secondary N) is 1. The highest BCUT2D eigenvalue weighted by atomic mass is 16.3. The fourth-order valence-corrected chi connectivity index (χ4v) is 2.96. The molecule has 3 aromatic heterocycles. The van der Waals surface area contributed by atoms with Gasteiger partial charge in [-0.2, -0.15) is 5.10 Å². The first kappa shape index (κ1) is 16.1. The maximum absolute atomic E-state index is 12.7. The number of rotatable bonds is 4. The summed E-state index contributed by atoms with van der Waals surface area (Å²) >= 11 is 0. The van der Waals surface area contributed by atoms with E-state index in [-0.39, 0.29) is 5.91 Å². The molecule has 4 rings (SSSR count). The molecule has 4 aromatic rings. The summed E-state index contributed by atoms with van der Waals surface area (Å²) in [4.78, 5) is 18.7. The number of pyridine rings is 1. The van der Waals surface area contributed by atoms with Crippen LogP contribution in [0, 0.1) is 6.92 Å². The lowest BCUT2D eigenvalue weighted by Crippen LogP contribution is -2.26. The van der Waals surface area contributed by atoms with Crippen LogP contribution < -0.4 is 0 Å². The van der Waals surface area contributed by atoms with Crippen molar-refractivity contribution in [3.05, 3.63) is 71.7 Å². The topological polar surface area (TPSA) is 75.0 Å². The molecular formula is C20H18N4O2. The molecule has 130 valence electrons. The predicted octanol–water partition coefficient (Wildman–Crippen LogP) is 3.80. The summed E-state index contributed by atoms with van der Waals surface area (Å²) in [6.07, 6.45) is 1.77. The lowest BCUT2D eigenvalue weighted by Gasteiger charge is -2.17. The molecule has 0 saturated heterocycles. The van der Waals surface area contributed by atoms with Crippen molar-refractivity contribution in [2.24, 2.45) is 0 Å². The lowest BCUT2D eigenvalue weighted by molar-refractivity contribution is 0.0780. The van der Waals surface area contributed by atoms with Gasteiger partial charge in [0.05, 0.1) is 5.52 Å². The number of amides is 1. The maximum atomic E-state index is 12.7. The van der Waals surface area contributed by atoms with E-state index in [1.165, 1.54) is 0 Å². The van der Waals surface area contributed by atoms with Gasteiger partial charge in [0.25, 0.3) is 5.91 Å². The van der Waals surface area contributed by atoms with Crippen LogP contribution in [-0.2, 0) is 6.54 Å². The van der Waals surface area contributed by atoms with Crippen molar-refractivity contribution in [3.8, 4) is 11.5 Å². The molecule has 6 heteroatoms. The minimum absolute atomic E-state index is 0.156. The third-order valence-electron chi connectivity index (χ3n) is 4.29. The van der Waals surface area contributed by atoms with E-state index in [2.05, 4.69) is 15.2 Å². The normalized spacial score (nSPS) is 11.0. The summed E-state index contributed by atoms with van der Waals surface area (Å²) in [5.41, 5.74) is 3.00. The van der Waals surface area contributed by atoms with Crippen molar-refractivity contribution in [3.63, 3.8) is 0 Å². The first-order chi connectivity index (χ1) is 12.6. The maximum Gasteiger partial charge on any atom is 0.274 e. The molecule has 26 heavy (non-hydrogen) atoms. The largest absolute Gasteiger partial charge is 0.460 e. The van der Waals surface area contributed by atoms with Crippen molar-refractivity contribution in [2.45, 2.75) is 13.5 Å². The minimum atomic E-state index is -0.156. The zero-order valence-corrected chi connectivity index (χ0v) is 14.6. The van der Waals surface area contributed by atoms with Gasteiger partial charge in [0.2, 0.25) is 0 Å². The van der Waals surface area contributed by atoms with Gasteiger partial charge < -0.3 is 9.32 Å². The number of furan rings is 1. The Morgan fingerprint density at radius 3 is 2.88 bits per heavy atom. The highest BCUT2D eigenvalue weighted by Gasteiger charge is 2.18. The van der Waals surface area contributed by atoms with E-state index in [0.717, 1.165) is 22.2 Å². The summed E-state index contributed by atoms with van der Waals surface area (Å²) in [5, 5.41) is 8.05. The summed E-state index contributed by atoms with van der Waals surface area (Å²) < 4.78 is 5.56. The Morgan fingerprint density at radius 2 is 2.08 bits per heavy atom. The van der Waals surface area contributed by atoms with Crippen molar-refractivity contribution >= 4 is 16.8 Å². The number of aromatic amines is 1. The molecule has 0 fully saturated rings. The Labute approximate surface area is 150 Å². The van der Waals surface area contributed by atoms with Gasteiger partial charge in [0, 0.05) is 31.2 Å². The molecule has 0 aliphatic rings. The van der Waals surface area contributed by atoms with Gasteiger partial charge in [-0.3, -0.25) is 14.9 Å². The second-order valence-corrected chi connectivity index (χ2v) is 6.23. The Kier molecular flexibility index (Phi) is 4.01. The monoisotopic (exact) mass is 346 g/mol. The van der Waals surface area contributed by atoms with Gasteiger partial charge in [0.1, 0.15) is 11.5 Å². The molecule has 0 spiro atoms. The molecule has 3 heterocycles. The standard InChI is InChI=1S/C20H18N4O2/c1-13-8-9-19(26-13)17-11-18(23-22-17)20(25)24(2)12-14-5-3-7-16-15(14)6-4-10-21-16/h3-11H,12H2,1-2H3,(H,22,23). The van der Waals surface area contributed by atoms with Crippen LogP contribution in [0.25, 0.3) is 22.4 Å². The number of H-pyrrole nitrogens is 1. The third-order valence-corrected chi connectivity index (χ3v) is 4.29. The number of aromatic nitrogens is 3. The van der Waals surface area contributed by atoms with E-state index in [1.54, 1.807) is 24.2 Å². The first-order valence-corrected chi connectivity index (χ1v) is 8.32. The number of benzene rings is 1. The van der Waals surface area contributed by atoms with Gasteiger partial charge in [-0.1, -0.05) is 18.2 Å². The Hall–Kier alpha value is -3.41. The van der Waals surface area contributed by atoms with Crippen molar-refractivity contribution in [2.75, 3.05) is 7.05 Å². The van der Waals surface area contributed by atoms with E-state index in [4.69, 9.17) is 4.42 Å². The van der Waals surface area contributed by atoms with Crippen LogP contribution in [0.5, 0.6) is 0 Å². The third kappa shape index (κ3) is 2.97. The Morgan fingerprint density at radius 1 is 1.19 bits per heavy atom. The van der Waals surface area contributed by atoms with Crippen LogP contribution in [0.4, 0.5) is 0 Å². The van der Waals surface area contributed by atoms with Crippen molar-refractivity contribution < 1.29 is 9.21 Å². The van der Waals surface area contributed by atoms with E-state index in [1.807, 2.05) is 49.4 Å². The van der Waals surface area contributed by atoms with Crippen molar-refractivity contribution in [1.29, 1.82) is 0 Å². The lowest BCUT2D eigenvalue weighted by atomic mass is 10.1. The fourth-order valence-electron chi connectivity index (χ4n) is 2.96. The number of carbonyl (C=O) groups is 1. The highest BCUT2D eigenvalue weighted by molar-refractivity contribution is 5.93. The molecule has 0 atom stereocenters. The van der Waals surface area contributed by atoms with Crippen LogP contribution >= 0.6 is 0 Å². The molecule has 0 unspecified atom stereocenters. The number of aryl methyl sites for hydroxylation is 1. The van der Waals surface area contributed by atoms with Gasteiger partial charge >= 0.3 is 0 Å². The molecular weight excluding hydrogens is 328 g/mol. The van der Waals surface area contributed by atoms with E-state index in [0.29, 0.717) is 23.7 Å². The zero-order valence-electron chi connectivity index (χ0n) is 14.6. The number of hydrogen-bond donors (Lipinski definition) is 1. The molecule has 6 nitrogen and oxygen atoms in total. The first-order valence-electron chi connectivity index (χ1n) is 8.32. The van der Waals surface area contributed by atoms with Crippen LogP contribution in [0.15, 0.2) is 59.1 Å². The molecule has 0 radical (unpaired) electrons. The van der Waals surface area contributed by atoms with Gasteiger partial charge in [-0.05, 0) is 36.8 Å². The summed E-state index contributed by atoms with van der Waals surface area (Å²) in [6, 6.07) is 15.3. The molecule has 0 bridgehead atoms.